The number of piperidine rings is 1. The Labute approximate surface area is 131 Å². The fourth-order valence-corrected chi connectivity index (χ4v) is 3.57. The molecule has 2 N–H and O–H groups in total. The van der Waals surface area contributed by atoms with Gasteiger partial charge >= 0.3 is 6.03 Å². The number of hydrogen-bond donors (Lipinski definition) is 2. The summed E-state index contributed by atoms with van der Waals surface area (Å²) in [5, 5.41) is 5.84. The fraction of sp³-hybridized carbons (Fsp3) is 0.733. The highest BCUT2D eigenvalue weighted by atomic mass is 32.1. The topological polar surface area (TPSA) is 57.3 Å². The van der Waals surface area contributed by atoms with Crippen LogP contribution >= 0.6 is 11.3 Å². The lowest BCUT2D eigenvalue weighted by Gasteiger charge is -2.35. The molecular formula is C15H26N4OS. The molecule has 1 atom stereocenters. The van der Waals surface area contributed by atoms with Gasteiger partial charge in [0.05, 0.1) is 17.7 Å². The Hall–Kier alpha value is -1.14. The summed E-state index contributed by atoms with van der Waals surface area (Å²) in [6.45, 7) is 7.61. The van der Waals surface area contributed by atoms with Crippen molar-refractivity contribution in [3.63, 3.8) is 0 Å². The van der Waals surface area contributed by atoms with E-state index in [1.54, 1.807) is 11.3 Å². The van der Waals surface area contributed by atoms with Gasteiger partial charge in [-0.05, 0) is 32.7 Å². The molecule has 6 heteroatoms. The first-order valence-corrected chi connectivity index (χ1v) is 8.73. The average molecular weight is 310 g/mol. The van der Waals surface area contributed by atoms with Crippen LogP contribution in [0.5, 0.6) is 0 Å². The SMILES string of the molecule is CCC1CCCCN1CCNC(=O)NCc1scnc1C. The molecule has 0 aliphatic carbocycles. The first kappa shape index (κ1) is 16.2. The summed E-state index contributed by atoms with van der Waals surface area (Å²) in [5.41, 5.74) is 2.81. The molecule has 1 aromatic heterocycles. The van der Waals surface area contributed by atoms with Crippen LogP contribution in [0.25, 0.3) is 0 Å². The minimum absolute atomic E-state index is 0.0899. The number of thiazole rings is 1. The van der Waals surface area contributed by atoms with Gasteiger partial charge in [-0.1, -0.05) is 13.3 Å². The Morgan fingerprint density at radius 1 is 1.48 bits per heavy atom. The number of carbonyl (C=O) groups is 1. The van der Waals surface area contributed by atoms with Crippen LogP contribution in [0, 0.1) is 6.92 Å². The quantitative estimate of drug-likeness (QED) is 0.849. The van der Waals surface area contributed by atoms with E-state index in [2.05, 4.69) is 27.4 Å². The fourth-order valence-electron chi connectivity index (χ4n) is 2.85. The van der Waals surface area contributed by atoms with Gasteiger partial charge in [0, 0.05) is 24.0 Å². The van der Waals surface area contributed by atoms with Crippen LogP contribution in [0.1, 0.15) is 43.2 Å². The smallest absolute Gasteiger partial charge is 0.315 e. The maximum Gasteiger partial charge on any atom is 0.315 e. The van der Waals surface area contributed by atoms with Gasteiger partial charge in [-0.2, -0.15) is 0 Å². The molecule has 1 aliphatic rings. The summed E-state index contributed by atoms with van der Waals surface area (Å²) in [6.07, 6.45) is 5.13. The Morgan fingerprint density at radius 2 is 2.33 bits per heavy atom. The highest BCUT2D eigenvalue weighted by Gasteiger charge is 2.20. The van der Waals surface area contributed by atoms with Gasteiger partial charge in [0.2, 0.25) is 0 Å². The van der Waals surface area contributed by atoms with Crippen molar-refractivity contribution in [2.75, 3.05) is 19.6 Å². The zero-order valence-electron chi connectivity index (χ0n) is 13.0. The van der Waals surface area contributed by atoms with E-state index in [0.717, 1.165) is 17.1 Å². The Morgan fingerprint density at radius 3 is 3.05 bits per heavy atom. The van der Waals surface area contributed by atoms with Crippen molar-refractivity contribution in [2.24, 2.45) is 0 Å². The van der Waals surface area contributed by atoms with E-state index in [9.17, 15) is 4.79 Å². The van der Waals surface area contributed by atoms with Gasteiger partial charge in [-0.25, -0.2) is 9.78 Å². The number of amides is 2. The number of likely N-dealkylation sites (tertiary alicyclic amines) is 1. The number of carbonyl (C=O) groups excluding carboxylic acids is 1. The van der Waals surface area contributed by atoms with Crippen LogP contribution in [0.2, 0.25) is 0 Å². The van der Waals surface area contributed by atoms with Gasteiger partial charge in [-0.3, -0.25) is 4.90 Å². The van der Waals surface area contributed by atoms with Crippen LogP contribution in [-0.4, -0.2) is 41.6 Å². The standard InChI is InChI=1S/C15H26N4OS/c1-3-13-6-4-5-8-19(13)9-7-16-15(20)17-10-14-12(2)18-11-21-14/h11,13H,3-10H2,1-2H3,(H2,16,17,20). The summed E-state index contributed by atoms with van der Waals surface area (Å²) in [6, 6.07) is 0.608. The van der Waals surface area contributed by atoms with Crippen molar-refractivity contribution >= 4 is 17.4 Å². The van der Waals surface area contributed by atoms with Crippen molar-refractivity contribution in [3.05, 3.63) is 16.1 Å². The second-order valence-corrected chi connectivity index (χ2v) is 6.50. The lowest BCUT2D eigenvalue weighted by Crippen LogP contribution is -2.45. The highest BCUT2D eigenvalue weighted by Crippen LogP contribution is 2.18. The molecule has 118 valence electrons. The zero-order valence-corrected chi connectivity index (χ0v) is 13.8. The third kappa shape index (κ3) is 4.97. The predicted molar refractivity (Wildman–Crippen MR) is 86.6 cm³/mol. The normalized spacial score (nSPS) is 19.4. The monoisotopic (exact) mass is 310 g/mol. The maximum atomic E-state index is 11.8. The summed E-state index contributed by atoms with van der Waals surface area (Å²) < 4.78 is 0. The van der Waals surface area contributed by atoms with E-state index in [1.807, 2.05) is 12.4 Å². The molecule has 0 radical (unpaired) electrons. The Kier molecular flexibility index (Phi) is 6.45. The van der Waals surface area contributed by atoms with Crippen LogP contribution in [0.3, 0.4) is 0 Å². The van der Waals surface area contributed by atoms with E-state index in [4.69, 9.17) is 0 Å². The van der Waals surface area contributed by atoms with Crippen LogP contribution < -0.4 is 10.6 Å². The second-order valence-electron chi connectivity index (χ2n) is 5.56. The molecule has 0 bridgehead atoms. The van der Waals surface area contributed by atoms with Gasteiger partial charge in [0.1, 0.15) is 0 Å². The van der Waals surface area contributed by atoms with Crippen molar-refractivity contribution in [3.8, 4) is 0 Å². The summed E-state index contributed by atoms with van der Waals surface area (Å²) in [5.74, 6) is 0. The number of aromatic nitrogens is 1. The van der Waals surface area contributed by atoms with Crippen LogP contribution in [0.4, 0.5) is 4.79 Å². The lowest BCUT2D eigenvalue weighted by atomic mass is 10.0. The largest absolute Gasteiger partial charge is 0.337 e. The van der Waals surface area contributed by atoms with Crippen LogP contribution in [0.15, 0.2) is 5.51 Å². The molecule has 0 saturated carbocycles. The maximum absolute atomic E-state index is 11.8. The second kappa shape index (κ2) is 8.34. The minimum atomic E-state index is -0.0899. The Bertz CT molecular complexity index is 449. The summed E-state index contributed by atoms with van der Waals surface area (Å²) in [7, 11) is 0. The molecule has 1 aromatic rings. The van der Waals surface area contributed by atoms with E-state index >= 15 is 0 Å². The van der Waals surface area contributed by atoms with Crippen molar-refractivity contribution < 1.29 is 4.79 Å². The first-order valence-electron chi connectivity index (χ1n) is 7.85. The number of hydrogen-bond acceptors (Lipinski definition) is 4. The molecule has 2 rings (SSSR count). The van der Waals surface area contributed by atoms with Crippen molar-refractivity contribution in [1.29, 1.82) is 0 Å². The molecule has 5 nitrogen and oxygen atoms in total. The third-order valence-electron chi connectivity index (χ3n) is 4.16. The van der Waals surface area contributed by atoms with Gasteiger partial charge < -0.3 is 10.6 Å². The van der Waals surface area contributed by atoms with E-state index < -0.39 is 0 Å². The zero-order chi connectivity index (χ0) is 15.1. The number of urea groups is 1. The number of nitrogens with one attached hydrogen (secondary N) is 2. The highest BCUT2D eigenvalue weighted by molar-refractivity contribution is 7.09. The first-order chi connectivity index (χ1) is 10.2. The molecule has 2 amide bonds. The molecule has 21 heavy (non-hydrogen) atoms. The number of aryl methyl sites for hydroxylation is 1. The number of nitrogens with zero attached hydrogens (tertiary/aromatic N) is 2. The molecule has 1 unspecified atom stereocenters. The summed E-state index contributed by atoms with van der Waals surface area (Å²) >= 11 is 1.58. The minimum Gasteiger partial charge on any atom is -0.337 e. The molecular weight excluding hydrogens is 284 g/mol. The average Bonchev–Trinajstić information content (AvgIpc) is 2.91. The van der Waals surface area contributed by atoms with Gasteiger partial charge in [0.25, 0.3) is 0 Å². The predicted octanol–water partition coefficient (Wildman–Crippen LogP) is 2.52. The van der Waals surface area contributed by atoms with Crippen molar-refractivity contribution in [2.45, 2.75) is 52.1 Å². The van der Waals surface area contributed by atoms with E-state index in [-0.39, 0.29) is 6.03 Å². The van der Waals surface area contributed by atoms with E-state index in [1.165, 1.54) is 32.2 Å². The third-order valence-corrected chi connectivity index (χ3v) is 5.09. The molecule has 1 aliphatic heterocycles. The number of rotatable bonds is 6. The van der Waals surface area contributed by atoms with Crippen molar-refractivity contribution in [1.82, 2.24) is 20.5 Å². The molecule has 0 spiro atoms. The van der Waals surface area contributed by atoms with Gasteiger partial charge in [0.15, 0.2) is 0 Å². The molecule has 0 aromatic carbocycles. The molecule has 1 saturated heterocycles. The van der Waals surface area contributed by atoms with Crippen LogP contribution in [-0.2, 0) is 6.54 Å². The molecule has 1 fully saturated rings. The Balaban J connectivity index is 1.63. The molecule has 2 heterocycles. The summed E-state index contributed by atoms with van der Waals surface area (Å²) in [4.78, 5) is 19.6. The lowest BCUT2D eigenvalue weighted by molar-refractivity contribution is 0.145. The van der Waals surface area contributed by atoms with Gasteiger partial charge in [-0.15, -0.1) is 11.3 Å². The van der Waals surface area contributed by atoms with E-state index in [0.29, 0.717) is 19.1 Å².